The third-order valence-electron chi connectivity index (χ3n) is 3.56. The smallest absolute Gasteiger partial charge is 0.340 e. The largest absolute Gasteiger partial charge is 0.489 e. The van der Waals surface area contributed by atoms with Crippen LogP contribution >= 0.6 is 0 Å². The minimum Gasteiger partial charge on any atom is -0.489 e. The first-order valence-electron chi connectivity index (χ1n) is 8.28. The van der Waals surface area contributed by atoms with Crippen LogP contribution in [0.1, 0.15) is 44.0 Å². The maximum absolute atomic E-state index is 13.8. The Balaban J connectivity index is 2.44. The molecule has 0 bridgehead atoms. The van der Waals surface area contributed by atoms with Crippen LogP contribution in [0.25, 0.3) is 0 Å². The molecular weight excluding hydrogens is 339 g/mol. The Kier molecular flexibility index (Phi) is 9.12. The van der Waals surface area contributed by atoms with Crippen molar-refractivity contribution in [1.29, 1.82) is 0 Å². The molecular formula is C20H25FO5. The fraction of sp³-hybridized carbons (Fsp3) is 0.400. The molecule has 0 unspecified atom stereocenters. The topological polar surface area (TPSA) is 61.8 Å². The molecule has 0 radical (unpaired) electrons. The summed E-state index contributed by atoms with van der Waals surface area (Å²) in [4.78, 5) is 22.0. The van der Waals surface area contributed by atoms with E-state index in [1.807, 2.05) is 26.0 Å². The van der Waals surface area contributed by atoms with E-state index in [-0.39, 0.29) is 11.5 Å². The molecule has 142 valence electrons. The molecule has 0 heterocycles. The summed E-state index contributed by atoms with van der Waals surface area (Å²) in [6.45, 7) is 5.91. The van der Waals surface area contributed by atoms with Crippen molar-refractivity contribution in [3.8, 4) is 5.75 Å². The monoisotopic (exact) mass is 364 g/mol. The fourth-order valence-corrected chi connectivity index (χ4v) is 2.07. The van der Waals surface area contributed by atoms with Gasteiger partial charge in [0.25, 0.3) is 0 Å². The summed E-state index contributed by atoms with van der Waals surface area (Å²) < 4.78 is 28.7. The Morgan fingerprint density at radius 2 is 1.85 bits per heavy atom. The highest BCUT2D eigenvalue weighted by molar-refractivity contribution is 5.89. The van der Waals surface area contributed by atoms with Gasteiger partial charge in [-0.05, 0) is 50.5 Å². The molecule has 0 saturated heterocycles. The van der Waals surface area contributed by atoms with Gasteiger partial charge in [0.05, 0.1) is 12.7 Å². The Bertz CT molecular complexity index is 691. The number of allylic oxidation sites excluding steroid dienone is 2. The summed E-state index contributed by atoms with van der Waals surface area (Å²) in [6, 6.07) is 4.04. The Hall–Kier alpha value is -2.63. The summed E-state index contributed by atoms with van der Waals surface area (Å²) in [5.74, 6) is -1.34. The molecule has 0 fully saturated rings. The highest BCUT2D eigenvalue weighted by atomic mass is 19.1. The van der Waals surface area contributed by atoms with Crippen LogP contribution in [0.5, 0.6) is 5.75 Å². The van der Waals surface area contributed by atoms with Gasteiger partial charge >= 0.3 is 11.9 Å². The van der Waals surface area contributed by atoms with Gasteiger partial charge in [0, 0.05) is 13.0 Å². The molecule has 0 saturated carbocycles. The summed E-state index contributed by atoms with van der Waals surface area (Å²) in [7, 11) is 1.20. The molecule has 1 aromatic rings. The Morgan fingerprint density at radius 3 is 2.46 bits per heavy atom. The molecule has 0 aliphatic heterocycles. The van der Waals surface area contributed by atoms with Gasteiger partial charge in [-0.15, -0.1) is 0 Å². The lowest BCUT2D eigenvalue weighted by atomic mass is 10.1. The second kappa shape index (κ2) is 11.1. The molecule has 0 aromatic heterocycles. The van der Waals surface area contributed by atoms with Crippen LogP contribution < -0.4 is 4.74 Å². The number of carbonyl (C=O) groups excluding carboxylic acids is 2. The van der Waals surface area contributed by atoms with Crippen LogP contribution in [-0.2, 0) is 14.3 Å². The number of esters is 2. The Morgan fingerprint density at radius 1 is 1.12 bits per heavy atom. The zero-order valence-electron chi connectivity index (χ0n) is 15.6. The number of rotatable bonds is 9. The van der Waals surface area contributed by atoms with E-state index < -0.39 is 11.8 Å². The van der Waals surface area contributed by atoms with Gasteiger partial charge < -0.3 is 14.2 Å². The predicted octanol–water partition coefficient (Wildman–Crippen LogP) is 4.23. The van der Waals surface area contributed by atoms with Crippen molar-refractivity contribution in [3.63, 3.8) is 0 Å². The highest BCUT2D eigenvalue weighted by Crippen LogP contribution is 2.18. The number of ether oxygens (including phenoxy) is 3. The predicted molar refractivity (Wildman–Crippen MR) is 96.6 cm³/mol. The van der Waals surface area contributed by atoms with Gasteiger partial charge in [0.2, 0.25) is 0 Å². The molecule has 6 heteroatoms. The third kappa shape index (κ3) is 7.96. The van der Waals surface area contributed by atoms with E-state index in [2.05, 4.69) is 4.74 Å². The van der Waals surface area contributed by atoms with Crippen LogP contribution in [0, 0.1) is 5.82 Å². The Labute approximate surface area is 153 Å². The zero-order valence-corrected chi connectivity index (χ0v) is 15.6. The maximum Gasteiger partial charge on any atom is 0.340 e. The lowest BCUT2D eigenvalue weighted by Crippen LogP contribution is -2.05. The van der Waals surface area contributed by atoms with Crippen LogP contribution in [0.15, 0.2) is 41.5 Å². The minimum absolute atomic E-state index is 0.122. The van der Waals surface area contributed by atoms with E-state index in [4.69, 9.17) is 9.47 Å². The van der Waals surface area contributed by atoms with E-state index in [1.165, 1.54) is 32.2 Å². The SMILES string of the molecule is COC(=O)c1ccc(OC/C(C)=C/CC/C(C)=C/COC(C)=O)cc1F. The maximum atomic E-state index is 13.8. The number of benzene rings is 1. The van der Waals surface area contributed by atoms with Gasteiger partial charge in [-0.3, -0.25) is 4.79 Å². The number of hydrogen-bond acceptors (Lipinski definition) is 5. The molecule has 26 heavy (non-hydrogen) atoms. The normalized spacial score (nSPS) is 11.9. The molecule has 1 rings (SSSR count). The fourth-order valence-electron chi connectivity index (χ4n) is 2.07. The first kappa shape index (κ1) is 21.4. The molecule has 0 amide bonds. The van der Waals surface area contributed by atoms with Gasteiger partial charge in [-0.1, -0.05) is 11.6 Å². The standard InChI is InChI=1S/C20H25FO5/c1-14(10-11-25-16(3)22)6-5-7-15(2)13-26-17-8-9-18(19(21)12-17)20(23)24-4/h7-10,12H,5-6,11,13H2,1-4H3/b14-10+,15-7+. The molecule has 0 aliphatic carbocycles. The van der Waals surface area contributed by atoms with Gasteiger partial charge in [0.15, 0.2) is 0 Å². The van der Waals surface area contributed by atoms with Crippen molar-refractivity contribution in [3.05, 3.63) is 52.9 Å². The van der Waals surface area contributed by atoms with Crippen LogP contribution in [0.2, 0.25) is 0 Å². The minimum atomic E-state index is -0.720. The van der Waals surface area contributed by atoms with E-state index >= 15 is 0 Å². The molecule has 0 N–H and O–H groups in total. The van der Waals surface area contributed by atoms with Crippen molar-refractivity contribution in [2.24, 2.45) is 0 Å². The summed E-state index contributed by atoms with van der Waals surface area (Å²) in [5.41, 5.74) is 2.02. The summed E-state index contributed by atoms with van der Waals surface area (Å²) in [6.07, 6.45) is 5.60. The summed E-state index contributed by atoms with van der Waals surface area (Å²) >= 11 is 0. The van der Waals surface area contributed by atoms with Crippen LogP contribution in [0.4, 0.5) is 4.39 Å². The van der Waals surface area contributed by atoms with Crippen molar-refractivity contribution in [1.82, 2.24) is 0 Å². The van der Waals surface area contributed by atoms with E-state index in [0.29, 0.717) is 19.0 Å². The molecule has 1 aromatic carbocycles. The van der Waals surface area contributed by atoms with Crippen molar-refractivity contribution in [2.75, 3.05) is 20.3 Å². The van der Waals surface area contributed by atoms with Crippen LogP contribution in [-0.4, -0.2) is 32.3 Å². The average Bonchev–Trinajstić information content (AvgIpc) is 2.59. The zero-order chi connectivity index (χ0) is 19.5. The van der Waals surface area contributed by atoms with Crippen molar-refractivity contribution in [2.45, 2.75) is 33.6 Å². The summed E-state index contributed by atoms with van der Waals surface area (Å²) in [5, 5.41) is 0. The highest BCUT2D eigenvalue weighted by Gasteiger charge is 2.12. The second-order valence-electron chi connectivity index (χ2n) is 5.86. The number of halogens is 1. The van der Waals surface area contributed by atoms with E-state index in [1.54, 1.807) is 0 Å². The van der Waals surface area contributed by atoms with Crippen molar-refractivity contribution < 1.29 is 28.2 Å². The van der Waals surface area contributed by atoms with E-state index in [0.717, 1.165) is 24.0 Å². The number of carbonyl (C=O) groups is 2. The molecule has 0 atom stereocenters. The lowest BCUT2D eigenvalue weighted by molar-refractivity contribution is -0.139. The van der Waals surface area contributed by atoms with Gasteiger partial charge in [-0.25, -0.2) is 9.18 Å². The molecule has 0 aliphatic rings. The third-order valence-corrected chi connectivity index (χ3v) is 3.56. The molecule has 5 nitrogen and oxygen atoms in total. The quantitative estimate of drug-likeness (QED) is 0.485. The lowest BCUT2D eigenvalue weighted by Gasteiger charge is -2.08. The molecule has 0 spiro atoms. The van der Waals surface area contributed by atoms with Gasteiger partial charge in [0.1, 0.15) is 24.8 Å². The van der Waals surface area contributed by atoms with E-state index in [9.17, 15) is 14.0 Å². The number of hydrogen-bond donors (Lipinski definition) is 0. The second-order valence-corrected chi connectivity index (χ2v) is 5.86. The van der Waals surface area contributed by atoms with Crippen LogP contribution in [0.3, 0.4) is 0 Å². The average molecular weight is 364 g/mol. The first-order chi connectivity index (χ1) is 12.3. The number of methoxy groups -OCH3 is 1. The van der Waals surface area contributed by atoms with Crippen molar-refractivity contribution >= 4 is 11.9 Å². The first-order valence-corrected chi connectivity index (χ1v) is 8.28. The van der Waals surface area contributed by atoms with Gasteiger partial charge in [-0.2, -0.15) is 0 Å².